The highest BCUT2D eigenvalue weighted by atomic mass is 35.5. The average molecular weight is 345 g/mol. The van der Waals surface area contributed by atoms with Gasteiger partial charge in [-0.15, -0.1) is 12.4 Å². The number of nitrogens with zero attached hydrogens (tertiary/aromatic N) is 1. The van der Waals surface area contributed by atoms with Crippen molar-refractivity contribution in [3.8, 4) is 0 Å². The highest BCUT2D eigenvalue weighted by Crippen LogP contribution is 2.35. The second-order valence-electron chi connectivity index (χ2n) is 5.95. The molecule has 1 amide bonds. The van der Waals surface area contributed by atoms with E-state index < -0.39 is 5.41 Å². The Morgan fingerprint density at radius 2 is 1.91 bits per heavy atom. The molecule has 2 rings (SSSR count). The van der Waals surface area contributed by atoms with E-state index in [1.54, 1.807) is 0 Å². The van der Waals surface area contributed by atoms with Crippen molar-refractivity contribution in [3.63, 3.8) is 0 Å². The largest absolute Gasteiger partial charge is 0.340 e. The van der Waals surface area contributed by atoms with Gasteiger partial charge in [-0.1, -0.05) is 37.6 Å². The molecule has 0 radical (unpaired) electrons. The van der Waals surface area contributed by atoms with Crippen molar-refractivity contribution in [2.75, 3.05) is 13.1 Å². The fraction of sp³-hybridized carbons (Fsp3) is 0.588. The molecule has 1 fully saturated rings. The zero-order valence-electron chi connectivity index (χ0n) is 13.3. The number of likely N-dealkylation sites (tertiary alicyclic amines) is 1. The van der Waals surface area contributed by atoms with Crippen LogP contribution in [0.2, 0.25) is 5.02 Å². The third-order valence-corrected chi connectivity index (χ3v) is 5.01. The van der Waals surface area contributed by atoms with Gasteiger partial charge in [0.05, 0.1) is 5.41 Å². The second-order valence-corrected chi connectivity index (χ2v) is 6.39. The first kappa shape index (κ1) is 19.3. The van der Waals surface area contributed by atoms with Gasteiger partial charge in [0.1, 0.15) is 0 Å². The summed E-state index contributed by atoms with van der Waals surface area (Å²) in [7, 11) is 0. The van der Waals surface area contributed by atoms with Crippen molar-refractivity contribution < 1.29 is 4.79 Å². The van der Waals surface area contributed by atoms with Crippen LogP contribution >= 0.6 is 24.0 Å². The topological polar surface area (TPSA) is 46.3 Å². The number of hydrogen-bond donors (Lipinski definition) is 1. The van der Waals surface area contributed by atoms with Crippen molar-refractivity contribution >= 4 is 29.9 Å². The van der Waals surface area contributed by atoms with E-state index in [9.17, 15) is 4.79 Å². The minimum absolute atomic E-state index is 0. The van der Waals surface area contributed by atoms with E-state index in [-0.39, 0.29) is 24.4 Å². The van der Waals surface area contributed by atoms with Gasteiger partial charge >= 0.3 is 0 Å². The lowest BCUT2D eigenvalue weighted by Gasteiger charge is -2.39. The predicted octanol–water partition coefficient (Wildman–Crippen LogP) is 3.77. The molecule has 1 unspecified atom stereocenters. The zero-order valence-corrected chi connectivity index (χ0v) is 14.9. The summed E-state index contributed by atoms with van der Waals surface area (Å²) in [6.45, 7) is 5.66. The minimum atomic E-state index is -0.457. The van der Waals surface area contributed by atoms with Crippen LogP contribution < -0.4 is 5.73 Å². The van der Waals surface area contributed by atoms with E-state index in [1.807, 2.05) is 29.2 Å². The molecule has 0 spiro atoms. The molecule has 1 heterocycles. The summed E-state index contributed by atoms with van der Waals surface area (Å²) >= 11 is 5.98. The summed E-state index contributed by atoms with van der Waals surface area (Å²) in [5.41, 5.74) is 6.64. The van der Waals surface area contributed by atoms with Crippen molar-refractivity contribution in [1.29, 1.82) is 0 Å². The fourth-order valence-electron chi connectivity index (χ4n) is 3.35. The zero-order chi connectivity index (χ0) is 15.5. The number of hydrogen-bond acceptors (Lipinski definition) is 2. The molecule has 0 aliphatic carbocycles. The third kappa shape index (κ3) is 3.76. The van der Waals surface area contributed by atoms with Gasteiger partial charge in [-0.25, -0.2) is 0 Å². The quantitative estimate of drug-likeness (QED) is 0.903. The molecular formula is C17H26Cl2N2O. The summed E-state index contributed by atoms with van der Waals surface area (Å²) in [6.07, 6.45) is 3.58. The predicted molar refractivity (Wildman–Crippen MR) is 94.7 cm³/mol. The first-order chi connectivity index (χ1) is 10.0. The summed E-state index contributed by atoms with van der Waals surface area (Å²) in [6, 6.07) is 7.81. The van der Waals surface area contributed by atoms with Gasteiger partial charge in [-0.2, -0.15) is 0 Å². The molecule has 1 aromatic rings. The van der Waals surface area contributed by atoms with Gasteiger partial charge in [0.25, 0.3) is 0 Å². The van der Waals surface area contributed by atoms with E-state index in [0.29, 0.717) is 11.6 Å². The number of carbonyl (C=O) groups is 1. The number of amides is 1. The molecule has 1 saturated heterocycles. The lowest BCUT2D eigenvalue weighted by molar-refractivity contribution is -0.139. The van der Waals surface area contributed by atoms with Crippen LogP contribution in [0.15, 0.2) is 24.3 Å². The molecule has 124 valence electrons. The van der Waals surface area contributed by atoms with Gasteiger partial charge in [-0.3, -0.25) is 4.79 Å². The first-order valence-corrected chi connectivity index (χ1v) is 8.22. The summed E-state index contributed by atoms with van der Waals surface area (Å²) in [5.74, 6) is 0.213. The molecule has 1 aliphatic heterocycles. The molecule has 0 bridgehead atoms. The Balaban J connectivity index is 0.00000242. The number of rotatable bonds is 4. The van der Waals surface area contributed by atoms with Crippen LogP contribution in [-0.4, -0.2) is 29.9 Å². The first-order valence-electron chi connectivity index (χ1n) is 7.84. The van der Waals surface area contributed by atoms with Gasteiger partial charge in [0.2, 0.25) is 5.91 Å². The van der Waals surface area contributed by atoms with E-state index in [4.69, 9.17) is 17.3 Å². The summed E-state index contributed by atoms with van der Waals surface area (Å²) in [4.78, 5) is 15.1. The van der Waals surface area contributed by atoms with Crippen molar-refractivity contribution in [3.05, 3.63) is 34.9 Å². The fourth-order valence-corrected chi connectivity index (χ4v) is 3.48. The summed E-state index contributed by atoms with van der Waals surface area (Å²) in [5, 5.41) is 0.701. The van der Waals surface area contributed by atoms with E-state index in [1.165, 1.54) is 0 Å². The Hall–Kier alpha value is -0.770. The Morgan fingerprint density at radius 1 is 1.32 bits per heavy atom. The molecule has 0 saturated carbocycles. The normalized spacial score (nSPS) is 18.7. The Labute approximate surface area is 144 Å². The van der Waals surface area contributed by atoms with E-state index in [0.717, 1.165) is 37.8 Å². The highest BCUT2D eigenvalue weighted by molar-refractivity contribution is 6.30. The van der Waals surface area contributed by atoms with E-state index >= 15 is 0 Å². The van der Waals surface area contributed by atoms with Crippen LogP contribution in [0.1, 0.15) is 45.1 Å². The Kier molecular flexibility index (Phi) is 7.17. The maximum absolute atomic E-state index is 13.2. The number of carbonyl (C=O) groups excluding carboxylic acids is 1. The maximum atomic E-state index is 13.2. The Bertz CT molecular complexity index is 486. The lowest BCUT2D eigenvalue weighted by atomic mass is 9.74. The van der Waals surface area contributed by atoms with Crippen LogP contribution in [0.3, 0.4) is 0 Å². The SMILES string of the molecule is CCC(CC)(C(=O)N1CCCC(N)C1)c1ccc(Cl)cc1.Cl. The molecular weight excluding hydrogens is 319 g/mol. The van der Waals surface area contributed by atoms with Crippen LogP contribution in [-0.2, 0) is 10.2 Å². The van der Waals surface area contributed by atoms with Gasteiger partial charge in [0.15, 0.2) is 0 Å². The molecule has 1 aromatic carbocycles. The van der Waals surface area contributed by atoms with Crippen LogP contribution in [0.25, 0.3) is 0 Å². The number of nitrogens with two attached hydrogens (primary N) is 1. The molecule has 0 aromatic heterocycles. The standard InChI is InChI=1S/C17H25ClN2O.ClH/c1-3-17(4-2,13-7-9-14(18)10-8-13)16(21)20-11-5-6-15(19)12-20;/h7-10,15H,3-6,11-12,19H2,1-2H3;1H. The second kappa shape index (κ2) is 8.19. The van der Waals surface area contributed by atoms with Gasteiger partial charge < -0.3 is 10.6 Å². The van der Waals surface area contributed by atoms with Crippen LogP contribution in [0.4, 0.5) is 0 Å². The number of halogens is 2. The molecule has 5 heteroatoms. The maximum Gasteiger partial charge on any atom is 0.233 e. The molecule has 22 heavy (non-hydrogen) atoms. The Morgan fingerprint density at radius 3 is 2.41 bits per heavy atom. The monoisotopic (exact) mass is 344 g/mol. The van der Waals surface area contributed by atoms with Gasteiger partial charge in [-0.05, 0) is 43.4 Å². The average Bonchev–Trinajstić information content (AvgIpc) is 2.50. The third-order valence-electron chi connectivity index (χ3n) is 4.76. The minimum Gasteiger partial charge on any atom is -0.340 e. The molecule has 2 N–H and O–H groups in total. The highest BCUT2D eigenvalue weighted by Gasteiger charge is 2.40. The van der Waals surface area contributed by atoms with Crippen molar-refractivity contribution in [1.82, 2.24) is 4.90 Å². The molecule has 3 nitrogen and oxygen atoms in total. The van der Waals surface area contributed by atoms with Crippen LogP contribution in [0.5, 0.6) is 0 Å². The number of piperidine rings is 1. The molecule has 1 atom stereocenters. The molecule has 1 aliphatic rings. The van der Waals surface area contributed by atoms with Crippen LogP contribution in [0, 0.1) is 0 Å². The van der Waals surface area contributed by atoms with Crippen molar-refractivity contribution in [2.45, 2.75) is 51.0 Å². The number of benzene rings is 1. The lowest BCUT2D eigenvalue weighted by Crippen LogP contribution is -2.52. The van der Waals surface area contributed by atoms with E-state index in [2.05, 4.69) is 13.8 Å². The van der Waals surface area contributed by atoms with Gasteiger partial charge in [0, 0.05) is 24.2 Å². The smallest absolute Gasteiger partial charge is 0.233 e. The summed E-state index contributed by atoms with van der Waals surface area (Å²) < 4.78 is 0. The van der Waals surface area contributed by atoms with Crippen molar-refractivity contribution in [2.24, 2.45) is 5.73 Å².